The lowest BCUT2D eigenvalue weighted by Gasteiger charge is -2.19. The molecule has 0 spiro atoms. The van der Waals surface area contributed by atoms with Gasteiger partial charge in [-0.3, -0.25) is 14.5 Å². The number of benzene rings is 2. The molecule has 2 atom stereocenters. The van der Waals surface area contributed by atoms with Gasteiger partial charge in [-0.1, -0.05) is 63.9 Å². The molecule has 31 heavy (non-hydrogen) atoms. The first kappa shape index (κ1) is 21.3. The van der Waals surface area contributed by atoms with Crippen LogP contribution in [0, 0.1) is 11.8 Å². The second-order valence-corrected chi connectivity index (χ2v) is 9.58. The molecule has 0 aromatic heterocycles. The lowest BCUT2D eigenvalue weighted by molar-refractivity contribution is -0.122. The van der Waals surface area contributed by atoms with E-state index in [1.165, 1.54) is 10.5 Å². The van der Waals surface area contributed by atoms with Crippen molar-refractivity contribution in [2.45, 2.75) is 58.5 Å². The first-order valence-electron chi connectivity index (χ1n) is 11.0. The Balaban J connectivity index is 1.45. The van der Waals surface area contributed by atoms with Crippen LogP contribution in [0.15, 0.2) is 48.5 Å². The maximum Gasteiger partial charge on any atom is 0.338 e. The summed E-state index contributed by atoms with van der Waals surface area (Å²) in [6.07, 6.45) is 3.50. The number of hydrogen-bond acceptors (Lipinski definition) is 4. The molecule has 1 heterocycles. The predicted molar refractivity (Wildman–Crippen MR) is 119 cm³/mol. The van der Waals surface area contributed by atoms with Crippen molar-refractivity contribution >= 4 is 23.5 Å². The third-order valence-electron chi connectivity index (χ3n) is 6.37. The summed E-state index contributed by atoms with van der Waals surface area (Å²) in [5.41, 5.74) is 2.98. The normalized spacial score (nSPS) is 21.2. The lowest BCUT2D eigenvalue weighted by Crippen LogP contribution is -2.31. The van der Waals surface area contributed by atoms with Crippen LogP contribution < -0.4 is 4.90 Å². The summed E-state index contributed by atoms with van der Waals surface area (Å²) in [5, 5.41) is 0. The largest absolute Gasteiger partial charge is 0.457 e. The molecule has 1 saturated heterocycles. The molecule has 5 nitrogen and oxygen atoms in total. The molecule has 0 N–H and O–H groups in total. The Kier molecular flexibility index (Phi) is 5.69. The van der Waals surface area contributed by atoms with Crippen molar-refractivity contribution in [2.75, 3.05) is 4.90 Å². The number of hydrogen-bond donors (Lipinski definition) is 0. The fourth-order valence-corrected chi connectivity index (χ4v) is 4.52. The van der Waals surface area contributed by atoms with Crippen LogP contribution in [0.1, 0.15) is 67.9 Å². The first-order chi connectivity index (χ1) is 14.8. The number of rotatable bonds is 4. The number of carbonyl (C=O) groups excluding carboxylic acids is 3. The van der Waals surface area contributed by atoms with Crippen LogP contribution in [-0.2, 0) is 26.3 Å². The molecule has 162 valence electrons. The van der Waals surface area contributed by atoms with Crippen molar-refractivity contribution in [3.8, 4) is 0 Å². The minimum atomic E-state index is -0.474. The monoisotopic (exact) mass is 419 g/mol. The molecule has 2 aromatic rings. The van der Waals surface area contributed by atoms with E-state index in [4.69, 9.17) is 4.74 Å². The van der Waals surface area contributed by atoms with Gasteiger partial charge in [-0.25, -0.2) is 4.79 Å². The minimum absolute atomic E-state index is 0.0671. The van der Waals surface area contributed by atoms with Crippen molar-refractivity contribution in [1.29, 1.82) is 0 Å². The molecule has 5 heteroatoms. The topological polar surface area (TPSA) is 63.7 Å². The van der Waals surface area contributed by atoms with Gasteiger partial charge >= 0.3 is 5.97 Å². The maximum absolute atomic E-state index is 12.8. The molecule has 1 aliphatic carbocycles. The highest BCUT2D eigenvalue weighted by Crippen LogP contribution is 2.40. The smallest absolute Gasteiger partial charge is 0.338 e. The quantitative estimate of drug-likeness (QED) is 0.516. The standard InChI is InChI=1S/C26H29NO4/c1-26(2,3)19-13-11-17(12-14-19)16-31-25(30)18-7-6-8-20(15-18)27-23(28)21-9-4-5-10-22(21)24(27)29/h6-8,11-15,21-22H,4-5,9-10,16H2,1-3H3/t21-,22-/m0/s1. The number of amides is 2. The van der Waals surface area contributed by atoms with E-state index in [0.717, 1.165) is 31.2 Å². The van der Waals surface area contributed by atoms with Crippen LogP contribution in [0.3, 0.4) is 0 Å². The highest BCUT2D eigenvalue weighted by molar-refractivity contribution is 6.22. The fourth-order valence-electron chi connectivity index (χ4n) is 4.52. The Morgan fingerprint density at radius 2 is 1.58 bits per heavy atom. The summed E-state index contributed by atoms with van der Waals surface area (Å²) in [7, 11) is 0. The van der Waals surface area contributed by atoms with E-state index in [2.05, 4.69) is 20.8 Å². The molecular weight excluding hydrogens is 390 g/mol. The second kappa shape index (κ2) is 8.29. The van der Waals surface area contributed by atoms with Gasteiger partial charge in [0.2, 0.25) is 11.8 Å². The number of imide groups is 1. The molecule has 4 rings (SSSR count). The molecule has 2 fully saturated rings. The van der Waals surface area contributed by atoms with E-state index in [9.17, 15) is 14.4 Å². The zero-order chi connectivity index (χ0) is 22.2. The van der Waals surface area contributed by atoms with Crippen molar-refractivity contribution in [1.82, 2.24) is 0 Å². The molecule has 2 aromatic carbocycles. The Labute approximate surface area is 183 Å². The van der Waals surface area contributed by atoms with Gasteiger partial charge < -0.3 is 4.74 Å². The second-order valence-electron chi connectivity index (χ2n) is 9.58. The van der Waals surface area contributed by atoms with Crippen LogP contribution in [0.4, 0.5) is 5.69 Å². The average Bonchev–Trinajstić information content (AvgIpc) is 3.02. The van der Waals surface area contributed by atoms with E-state index in [-0.39, 0.29) is 35.7 Å². The van der Waals surface area contributed by atoms with Crippen molar-refractivity contribution in [3.05, 3.63) is 65.2 Å². The van der Waals surface area contributed by atoms with E-state index in [1.807, 2.05) is 24.3 Å². The molecule has 2 aliphatic rings. The summed E-state index contributed by atoms with van der Waals surface area (Å²) in [6.45, 7) is 6.62. The number of anilines is 1. The van der Waals surface area contributed by atoms with E-state index < -0.39 is 5.97 Å². The first-order valence-corrected chi connectivity index (χ1v) is 11.0. The van der Waals surface area contributed by atoms with Gasteiger partial charge in [-0.05, 0) is 47.6 Å². The molecule has 1 aliphatic heterocycles. The number of nitrogens with zero attached hydrogens (tertiary/aromatic N) is 1. The Hall–Kier alpha value is -2.95. The third-order valence-corrected chi connectivity index (χ3v) is 6.37. The molecule has 0 radical (unpaired) electrons. The van der Waals surface area contributed by atoms with Crippen LogP contribution in [0.5, 0.6) is 0 Å². The molecular formula is C26H29NO4. The zero-order valence-corrected chi connectivity index (χ0v) is 18.4. The Morgan fingerprint density at radius 3 is 2.16 bits per heavy atom. The lowest BCUT2D eigenvalue weighted by atomic mass is 9.81. The Bertz CT molecular complexity index is 979. The predicted octanol–water partition coefficient (Wildman–Crippen LogP) is 5.02. The van der Waals surface area contributed by atoms with Gasteiger partial charge in [0.25, 0.3) is 0 Å². The number of esters is 1. The van der Waals surface area contributed by atoms with Gasteiger partial charge in [0.1, 0.15) is 6.61 Å². The van der Waals surface area contributed by atoms with Crippen LogP contribution in [0.2, 0.25) is 0 Å². The molecule has 0 unspecified atom stereocenters. The fraction of sp³-hybridized carbons (Fsp3) is 0.423. The number of fused-ring (bicyclic) bond motifs is 1. The van der Waals surface area contributed by atoms with Gasteiger partial charge in [-0.15, -0.1) is 0 Å². The van der Waals surface area contributed by atoms with Gasteiger partial charge in [0.15, 0.2) is 0 Å². The van der Waals surface area contributed by atoms with E-state index in [1.54, 1.807) is 24.3 Å². The van der Waals surface area contributed by atoms with Crippen molar-refractivity contribution < 1.29 is 19.1 Å². The van der Waals surface area contributed by atoms with Gasteiger partial charge in [-0.2, -0.15) is 0 Å². The Morgan fingerprint density at radius 1 is 0.968 bits per heavy atom. The summed E-state index contributed by atoms with van der Waals surface area (Å²) in [4.78, 5) is 39.5. The highest BCUT2D eigenvalue weighted by atomic mass is 16.5. The number of carbonyl (C=O) groups is 3. The maximum atomic E-state index is 12.8. The zero-order valence-electron chi connectivity index (χ0n) is 18.4. The van der Waals surface area contributed by atoms with Crippen LogP contribution >= 0.6 is 0 Å². The van der Waals surface area contributed by atoms with E-state index in [0.29, 0.717) is 11.3 Å². The molecule has 1 saturated carbocycles. The summed E-state index contributed by atoms with van der Waals surface area (Å²) >= 11 is 0. The van der Waals surface area contributed by atoms with Crippen LogP contribution in [-0.4, -0.2) is 17.8 Å². The van der Waals surface area contributed by atoms with Crippen molar-refractivity contribution in [2.24, 2.45) is 11.8 Å². The van der Waals surface area contributed by atoms with E-state index >= 15 is 0 Å². The average molecular weight is 420 g/mol. The third kappa shape index (κ3) is 4.27. The number of ether oxygens (including phenoxy) is 1. The van der Waals surface area contributed by atoms with Gasteiger partial charge in [0, 0.05) is 0 Å². The molecule has 0 bridgehead atoms. The summed E-state index contributed by atoms with van der Waals surface area (Å²) in [6, 6.07) is 14.6. The summed E-state index contributed by atoms with van der Waals surface area (Å²) in [5.74, 6) is -1.18. The minimum Gasteiger partial charge on any atom is -0.457 e. The SMILES string of the molecule is CC(C)(C)c1ccc(COC(=O)c2cccc(N3C(=O)[C@H]4CCCC[C@@H]4C3=O)c2)cc1. The molecule has 2 amide bonds. The van der Waals surface area contributed by atoms with Crippen molar-refractivity contribution in [3.63, 3.8) is 0 Å². The van der Waals surface area contributed by atoms with Gasteiger partial charge in [0.05, 0.1) is 23.1 Å². The summed E-state index contributed by atoms with van der Waals surface area (Å²) < 4.78 is 5.48. The van der Waals surface area contributed by atoms with Crippen LogP contribution in [0.25, 0.3) is 0 Å². The highest BCUT2D eigenvalue weighted by Gasteiger charge is 2.48.